The van der Waals surface area contributed by atoms with Crippen molar-refractivity contribution >= 4 is 46.3 Å². The highest BCUT2D eigenvalue weighted by molar-refractivity contribution is 8.00. The fourth-order valence-electron chi connectivity index (χ4n) is 5.27. The van der Waals surface area contributed by atoms with Crippen LogP contribution in [0.3, 0.4) is 0 Å². The van der Waals surface area contributed by atoms with Crippen LogP contribution < -0.4 is 21.1 Å². The summed E-state index contributed by atoms with van der Waals surface area (Å²) in [6, 6.07) is 9.46. The van der Waals surface area contributed by atoms with E-state index in [1.54, 1.807) is 22.8 Å². The summed E-state index contributed by atoms with van der Waals surface area (Å²) >= 11 is 1.41. The topological polar surface area (TPSA) is 106 Å². The van der Waals surface area contributed by atoms with Crippen molar-refractivity contribution in [3.05, 3.63) is 58.1 Å². The number of amides is 2. The number of hydrogen-bond donors (Lipinski definition) is 2. The largest absolute Gasteiger partial charge is 0.444 e. The third-order valence-corrected chi connectivity index (χ3v) is 8.00. The van der Waals surface area contributed by atoms with E-state index in [2.05, 4.69) is 15.6 Å². The molecule has 186 valence electrons. The monoisotopic (exact) mass is 509 g/mol. The van der Waals surface area contributed by atoms with Gasteiger partial charge >= 0.3 is 6.09 Å². The van der Waals surface area contributed by atoms with E-state index in [4.69, 9.17) is 4.74 Å². The van der Waals surface area contributed by atoms with Crippen LogP contribution in [0.15, 0.2) is 46.1 Å². The van der Waals surface area contributed by atoms with Crippen LogP contribution in [0.25, 0.3) is 10.9 Å². The van der Waals surface area contributed by atoms with Gasteiger partial charge in [-0.2, -0.15) is 0 Å². The fourth-order valence-corrected chi connectivity index (χ4v) is 6.02. The number of thioether (sulfide) groups is 1. The van der Waals surface area contributed by atoms with E-state index in [0.29, 0.717) is 54.4 Å². The highest BCUT2D eigenvalue weighted by atomic mass is 32.2. The first-order chi connectivity index (χ1) is 17.4. The average Bonchev–Trinajstić information content (AvgIpc) is 3.38. The van der Waals surface area contributed by atoms with Gasteiger partial charge in [-0.3, -0.25) is 14.5 Å². The lowest BCUT2D eigenvalue weighted by molar-refractivity contribution is -0.113. The molecular weight excluding hydrogens is 485 g/mol. The molecule has 6 rings (SSSR count). The Kier molecular flexibility index (Phi) is 5.68. The summed E-state index contributed by atoms with van der Waals surface area (Å²) in [5, 5.41) is 6.99. The number of fused-ring (bicyclic) bond motifs is 1. The van der Waals surface area contributed by atoms with Crippen LogP contribution in [0.1, 0.15) is 37.4 Å². The van der Waals surface area contributed by atoms with Gasteiger partial charge in [0.05, 0.1) is 34.8 Å². The van der Waals surface area contributed by atoms with Crippen LogP contribution in [-0.4, -0.2) is 46.5 Å². The van der Waals surface area contributed by atoms with Crippen LogP contribution in [-0.2, 0) is 9.53 Å². The van der Waals surface area contributed by atoms with Crippen molar-refractivity contribution < 1.29 is 18.7 Å². The second-order valence-electron chi connectivity index (χ2n) is 9.22. The number of rotatable bonds is 6. The number of ether oxygens (including phenoxy) is 1. The Hall–Kier alpha value is -3.44. The van der Waals surface area contributed by atoms with Gasteiger partial charge in [-0.1, -0.05) is 0 Å². The molecule has 11 heteroatoms. The molecule has 2 aromatic heterocycles. The van der Waals surface area contributed by atoms with Crippen molar-refractivity contribution in [3.63, 3.8) is 0 Å². The van der Waals surface area contributed by atoms with Gasteiger partial charge in [-0.25, -0.2) is 14.2 Å². The Morgan fingerprint density at radius 1 is 1.19 bits per heavy atom. The molecule has 2 amide bonds. The van der Waals surface area contributed by atoms with E-state index in [0.717, 1.165) is 10.3 Å². The highest BCUT2D eigenvalue weighted by Crippen LogP contribution is 2.40. The SMILES string of the molecule is C[C@H]1[C@H](NCCC[C@@H]2CN(c3ccc4c(n3)NC(=O)CS4)C(=O)O2)c2c(F)ccc3ccc(=O)n1c23. The molecule has 3 aliphatic rings. The first-order valence-electron chi connectivity index (χ1n) is 11.9. The molecule has 0 saturated carbocycles. The smallest absolute Gasteiger partial charge is 0.415 e. The minimum atomic E-state index is -0.469. The normalized spacial score (nSPS) is 22.6. The van der Waals surface area contributed by atoms with Gasteiger partial charge in [0, 0.05) is 11.6 Å². The zero-order valence-corrected chi connectivity index (χ0v) is 20.3. The van der Waals surface area contributed by atoms with E-state index in [9.17, 15) is 18.8 Å². The number of nitrogens with one attached hydrogen (secondary N) is 2. The van der Waals surface area contributed by atoms with Crippen molar-refractivity contribution in [2.24, 2.45) is 0 Å². The molecule has 3 atom stereocenters. The molecule has 1 fully saturated rings. The molecule has 1 saturated heterocycles. The maximum atomic E-state index is 14.8. The number of pyridine rings is 2. The Morgan fingerprint density at radius 3 is 2.89 bits per heavy atom. The third-order valence-electron chi connectivity index (χ3n) is 6.96. The van der Waals surface area contributed by atoms with Crippen LogP contribution in [0.5, 0.6) is 0 Å². The molecule has 2 N–H and O–H groups in total. The molecule has 9 nitrogen and oxygen atoms in total. The van der Waals surface area contributed by atoms with Crippen molar-refractivity contribution in [1.29, 1.82) is 0 Å². The van der Waals surface area contributed by atoms with Crippen molar-refractivity contribution in [3.8, 4) is 0 Å². The van der Waals surface area contributed by atoms with E-state index < -0.39 is 6.09 Å². The molecule has 3 aromatic rings. The maximum absolute atomic E-state index is 14.8. The Morgan fingerprint density at radius 2 is 2.03 bits per heavy atom. The number of carbonyl (C=O) groups excluding carboxylic acids is 2. The molecule has 1 aromatic carbocycles. The third kappa shape index (κ3) is 3.82. The lowest BCUT2D eigenvalue weighted by atomic mass is 10.0. The zero-order valence-electron chi connectivity index (χ0n) is 19.5. The van der Waals surface area contributed by atoms with Crippen molar-refractivity contribution in [2.45, 2.75) is 42.8 Å². The highest BCUT2D eigenvalue weighted by Gasteiger charge is 2.35. The Bertz CT molecular complexity index is 1460. The van der Waals surface area contributed by atoms with Gasteiger partial charge < -0.3 is 19.9 Å². The van der Waals surface area contributed by atoms with Gasteiger partial charge in [0.15, 0.2) is 0 Å². The summed E-state index contributed by atoms with van der Waals surface area (Å²) in [7, 11) is 0. The predicted molar refractivity (Wildman–Crippen MR) is 134 cm³/mol. The number of hydrogen-bond acceptors (Lipinski definition) is 7. The number of nitrogens with zero attached hydrogens (tertiary/aromatic N) is 3. The maximum Gasteiger partial charge on any atom is 0.415 e. The summed E-state index contributed by atoms with van der Waals surface area (Å²) in [5.74, 6) is 0.805. The van der Waals surface area contributed by atoms with Gasteiger partial charge in [0.25, 0.3) is 5.56 Å². The van der Waals surface area contributed by atoms with Crippen LogP contribution >= 0.6 is 11.8 Å². The molecule has 5 heterocycles. The number of halogens is 1. The van der Waals surface area contributed by atoms with Crippen molar-refractivity contribution in [1.82, 2.24) is 14.9 Å². The van der Waals surface area contributed by atoms with Crippen LogP contribution in [0, 0.1) is 5.82 Å². The molecule has 0 unspecified atom stereocenters. The van der Waals surface area contributed by atoms with Gasteiger partial charge in [-0.05, 0) is 62.0 Å². The minimum absolute atomic E-state index is 0.118. The fraction of sp³-hybridized carbons (Fsp3) is 0.360. The van der Waals surface area contributed by atoms with Crippen LogP contribution in [0.4, 0.5) is 20.8 Å². The quantitative estimate of drug-likeness (QED) is 0.489. The van der Waals surface area contributed by atoms with E-state index in [1.807, 2.05) is 13.0 Å². The minimum Gasteiger partial charge on any atom is -0.444 e. The summed E-state index contributed by atoms with van der Waals surface area (Å²) in [6.45, 7) is 2.85. The molecule has 3 aliphatic heterocycles. The number of benzene rings is 1. The van der Waals surface area contributed by atoms with Crippen molar-refractivity contribution in [2.75, 3.05) is 29.1 Å². The molecule has 0 spiro atoms. The summed E-state index contributed by atoms with van der Waals surface area (Å²) in [5.41, 5.74) is 1.04. The Labute approximate surface area is 210 Å². The Balaban J connectivity index is 1.08. The standard InChI is InChI=1S/C25H24FN5O4S/c1-13-22(21-16(26)6-4-14-5-9-20(33)31(13)23(14)21)27-10-2-3-15-11-30(25(34)35-15)18-8-7-17-24(28-18)29-19(32)12-36-17/h4-9,13,15,22,27H,2-3,10-12H2,1H3,(H,28,29,32)/t13-,15+,22-/m0/s1. The number of carbonyl (C=O) groups is 2. The number of anilines is 2. The number of cyclic esters (lactones) is 1. The number of aromatic nitrogens is 2. The second kappa shape index (κ2) is 8.90. The molecule has 36 heavy (non-hydrogen) atoms. The summed E-state index contributed by atoms with van der Waals surface area (Å²) < 4.78 is 22.0. The second-order valence-corrected chi connectivity index (χ2v) is 10.2. The molecular formula is C25H24FN5O4S. The lowest BCUT2D eigenvalue weighted by Crippen LogP contribution is -2.30. The van der Waals surface area contributed by atoms with Gasteiger partial charge in [0.2, 0.25) is 5.91 Å². The first-order valence-corrected chi connectivity index (χ1v) is 12.9. The lowest BCUT2D eigenvalue weighted by Gasteiger charge is -2.20. The summed E-state index contributed by atoms with van der Waals surface area (Å²) in [6.07, 6.45) is 0.542. The first kappa shape index (κ1) is 23.0. The van der Waals surface area contributed by atoms with E-state index in [1.165, 1.54) is 28.8 Å². The summed E-state index contributed by atoms with van der Waals surface area (Å²) in [4.78, 5) is 43.4. The molecule has 0 aliphatic carbocycles. The predicted octanol–water partition coefficient (Wildman–Crippen LogP) is 3.59. The molecule has 0 bridgehead atoms. The zero-order chi connectivity index (χ0) is 25.0. The van der Waals surface area contributed by atoms with E-state index in [-0.39, 0.29) is 35.5 Å². The van der Waals surface area contributed by atoms with Gasteiger partial charge in [0.1, 0.15) is 23.6 Å². The average molecular weight is 510 g/mol. The molecule has 0 radical (unpaired) electrons. The van der Waals surface area contributed by atoms with E-state index >= 15 is 0 Å². The van der Waals surface area contributed by atoms with Gasteiger partial charge in [-0.15, -0.1) is 11.8 Å². The van der Waals surface area contributed by atoms with Crippen LogP contribution in [0.2, 0.25) is 0 Å².